The minimum atomic E-state index is -3.34. The van der Waals surface area contributed by atoms with E-state index in [9.17, 15) is 9.90 Å². The quantitative estimate of drug-likeness (QED) is 0.686. The second-order valence-corrected chi connectivity index (χ2v) is 7.62. The molecule has 1 aromatic rings. The Morgan fingerprint density at radius 1 is 1.27 bits per heavy atom. The number of carbonyl (C=O) groups is 1. The number of rotatable bonds is 8. The maximum absolute atomic E-state index is 12.4. The van der Waals surface area contributed by atoms with Crippen LogP contribution in [0.15, 0.2) is 24.3 Å². The Bertz CT molecular complexity index is 727. The van der Waals surface area contributed by atoms with Gasteiger partial charge in [0, 0.05) is 8.22 Å². The summed E-state index contributed by atoms with van der Waals surface area (Å²) in [5, 5.41) is 13.3. The lowest BCUT2D eigenvalue weighted by Gasteiger charge is -2.31. The lowest BCUT2D eigenvalue weighted by Crippen LogP contribution is -2.44. The Hall–Kier alpha value is -1.75. The van der Waals surface area contributed by atoms with Crippen molar-refractivity contribution >= 4 is 6.09 Å². The van der Waals surface area contributed by atoms with Gasteiger partial charge in [-0.25, -0.2) is 4.79 Å². The molecule has 0 saturated heterocycles. The van der Waals surface area contributed by atoms with Gasteiger partial charge >= 0.3 is 6.09 Å². The number of nitrogens with one attached hydrogen (secondary N) is 1. The molecule has 0 radical (unpaired) electrons. The average molecular weight is 372 g/mol. The van der Waals surface area contributed by atoms with Gasteiger partial charge in [0.15, 0.2) is 0 Å². The maximum atomic E-state index is 12.4. The van der Waals surface area contributed by atoms with E-state index in [0.717, 1.165) is 12.8 Å². The number of amides is 1. The molecule has 26 heavy (non-hydrogen) atoms. The number of ether oxygens (including phenoxy) is 2. The highest BCUT2D eigenvalue weighted by Gasteiger charge is 2.31. The Morgan fingerprint density at radius 3 is 2.38 bits per heavy atom. The van der Waals surface area contributed by atoms with Crippen molar-refractivity contribution in [1.29, 1.82) is 0 Å². The van der Waals surface area contributed by atoms with Gasteiger partial charge in [-0.2, -0.15) is 0 Å². The molecule has 0 saturated carbocycles. The molecular formula is C21H35NO4. The van der Waals surface area contributed by atoms with Gasteiger partial charge in [-0.05, 0) is 64.5 Å². The molecule has 0 aliphatic rings. The summed E-state index contributed by atoms with van der Waals surface area (Å²) in [7, 11) is 0. The van der Waals surface area contributed by atoms with Crippen LogP contribution < -0.4 is 10.1 Å². The number of alkyl carbamates (subject to hydrolysis) is 1. The molecule has 2 N–H and O–H groups in total. The van der Waals surface area contributed by atoms with Crippen LogP contribution in [0.2, 0.25) is 0 Å². The zero-order valence-corrected chi connectivity index (χ0v) is 16.3. The van der Waals surface area contributed by atoms with Gasteiger partial charge in [0.1, 0.15) is 11.4 Å². The van der Waals surface area contributed by atoms with Crippen LogP contribution in [-0.4, -0.2) is 29.0 Å². The van der Waals surface area contributed by atoms with Crippen molar-refractivity contribution in [2.24, 2.45) is 5.92 Å². The van der Waals surface area contributed by atoms with Crippen LogP contribution in [0.5, 0.6) is 5.75 Å². The van der Waals surface area contributed by atoms with Crippen molar-refractivity contribution < 1.29 is 27.6 Å². The van der Waals surface area contributed by atoms with E-state index in [4.69, 9.17) is 17.7 Å². The van der Waals surface area contributed by atoms with Crippen molar-refractivity contribution in [3.63, 3.8) is 0 Å². The molecule has 0 unspecified atom stereocenters. The third kappa shape index (κ3) is 8.09. The van der Waals surface area contributed by atoms with Crippen LogP contribution in [-0.2, 0) is 4.74 Å². The largest absolute Gasteiger partial charge is 0.493 e. The van der Waals surface area contributed by atoms with Crippen LogP contribution in [0.25, 0.3) is 0 Å². The summed E-state index contributed by atoms with van der Waals surface area (Å²) in [6.07, 6.45) is 0.984. The summed E-state index contributed by atoms with van der Waals surface area (Å²) in [5.74, 6) is 0.844. The molecule has 1 aromatic carbocycles. The molecule has 5 heteroatoms. The fourth-order valence-electron chi connectivity index (χ4n) is 2.43. The lowest BCUT2D eigenvalue weighted by atomic mass is 9.92. The zero-order valence-electron chi connectivity index (χ0n) is 22.3. The van der Waals surface area contributed by atoms with E-state index in [1.807, 2.05) is 0 Å². The van der Waals surface area contributed by atoms with E-state index < -0.39 is 37.0 Å². The fourth-order valence-corrected chi connectivity index (χ4v) is 2.43. The molecule has 0 heterocycles. The first kappa shape index (κ1) is 14.3. The van der Waals surface area contributed by atoms with Crippen LogP contribution in [0.3, 0.4) is 0 Å². The molecule has 5 nitrogen and oxygen atoms in total. The van der Waals surface area contributed by atoms with Crippen LogP contribution in [0.1, 0.15) is 81.0 Å². The maximum Gasteiger partial charge on any atom is 0.408 e. The van der Waals surface area contributed by atoms with Crippen molar-refractivity contribution in [1.82, 2.24) is 5.32 Å². The normalized spacial score (nSPS) is 18.8. The monoisotopic (exact) mass is 371 g/mol. The van der Waals surface area contributed by atoms with Gasteiger partial charge < -0.3 is 19.9 Å². The predicted molar refractivity (Wildman–Crippen MR) is 104 cm³/mol. The first-order chi connectivity index (χ1) is 14.4. The second-order valence-electron chi connectivity index (χ2n) is 7.62. The van der Waals surface area contributed by atoms with E-state index >= 15 is 0 Å². The minimum absolute atomic E-state index is 0.0829. The highest BCUT2D eigenvalue weighted by molar-refractivity contribution is 5.68. The summed E-state index contributed by atoms with van der Waals surface area (Å²) < 4.78 is 57.4. The molecule has 0 aliphatic heterocycles. The minimum Gasteiger partial charge on any atom is -0.493 e. The molecule has 0 fully saturated rings. The Balaban J connectivity index is 3.33. The van der Waals surface area contributed by atoms with Gasteiger partial charge in [0.05, 0.1) is 18.2 Å². The van der Waals surface area contributed by atoms with Crippen LogP contribution >= 0.6 is 0 Å². The summed E-state index contributed by atoms with van der Waals surface area (Å²) >= 11 is 0. The highest BCUT2D eigenvalue weighted by Crippen LogP contribution is 2.28. The van der Waals surface area contributed by atoms with E-state index in [0.29, 0.717) is 18.3 Å². The topological polar surface area (TPSA) is 67.8 Å². The smallest absolute Gasteiger partial charge is 0.408 e. The van der Waals surface area contributed by atoms with Gasteiger partial charge in [-0.3, -0.25) is 0 Å². The van der Waals surface area contributed by atoms with Crippen molar-refractivity contribution in [3.8, 4) is 5.75 Å². The van der Waals surface area contributed by atoms with Gasteiger partial charge in [0.2, 0.25) is 0 Å². The lowest BCUT2D eigenvalue weighted by molar-refractivity contribution is 0.0163. The number of hydrogen-bond donors (Lipinski definition) is 2. The third-order valence-corrected chi connectivity index (χ3v) is 3.61. The standard InChI is InChI=1S/C21H35NO4/c1-8-9-15(2)14-25-17-12-10-16(11-13-17)18(21(6,7)24)22-19(23)26-20(3,4)5/h10-13,15,18,24H,8-9,14H2,1-7H3,(H,22,23)/t15-,18-/m1/s1/i6D3,7D3. The first-order valence-corrected chi connectivity index (χ1v) is 8.87. The van der Waals surface area contributed by atoms with Gasteiger partial charge in [-0.15, -0.1) is 0 Å². The van der Waals surface area contributed by atoms with Gasteiger partial charge in [0.25, 0.3) is 0 Å². The van der Waals surface area contributed by atoms with E-state index in [2.05, 4.69) is 19.2 Å². The molecule has 0 aromatic heterocycles. The Morgan fingerprint density at radius 2 is 1.88 bits per heavy atom. The van der Waals surface area contributed by atoms with E-state index in [-0.39, 0.29) is 5.56 Å². The van der Waals surface area contributed by atoms with Crippen molar-refractivity contribution in [3.05, 3.63) is 29.8 Å². The Labute approximate surface area is 166 Å². The summed E-state index contributed by atoms with van der Waals surface area (Å²) in [6.45, 7) is 2.76. The molecule has 0 aliphatic carbocycles. The SMILES string of the molecule is [2H]C([2H])([2H])C(O)([C@H](NC(=O)OC(C)(C)C)c1ccc(OC[C@H](C)CCC)cc1)C([2H])([2H])[2H]. The predicted octanol–water partition coefficient (Wildman–Crippen LogP) is 4.84. The number of aliphatic hydroxyl groups is 1. The van der Waals surface area contributed by atoms with Crippen LogP contribution in [0.4, 0.5) is 4.79 Å². The average Bonchev–Trinajstić information content (AvgIpc) is 2.61. The van der Waals surface area contributed by atoms with Crippen LogP contribution in [0, 0.1) is 5.92 Å². The number of hydrogen-bond acceptors (Lipinski definition) is 4. The van der Waals surface area contributed by atoms with Crippen molar-refractivity contribution in [2.45, 2.75) is 78.4 Å². The Kier molecular flexibility index (Phi) is 5.10. The number of carbonyl (C=O) groups excluding carboxylic acids is 1. The van der Waals surface area contributed by atoms with Gasteiger partial charge in [-0.1, -0.05) is 32.4 Å². The molecule has 148 valence electrons. The summed E-state index contributed by atoms with van der Waals surface area (Å²) in [4.78, 5) is 12.4. The zero-order chi connectivity index (χ0) is 25.0. The summed E-state index contributed by atoms with van der Waals surface area (Å²) in [5.41, 5.74) is -4.10. The molecule has 0 spiro atoms. The van der Waals surface area contributed by atoms with Crippen molar-refractivity contribution in [2.75, 3.05) is 6.61 Å². The number of benzene rings is 1. The fraction of sp³-hybridized carbons (Fsp3) is 0.667. The third-order valence-electron chi connectivity index (χ3n) is 3.61. The molecule has 1 amide bonds. The second kappa shape index (κ2) is 9.26. The molecular weight excluding hydrogens is 330 g/mol. The first-order valence-electron chi connectivity index (χ1n) is 11.9. The highest BCUT2D eigenvalue weighted by atomic mass is 16.6. The van der Waals surface area contributed by atoms with E-state index in [1.165, 1.54) is 24.3 Å². The summed E-state index contributed by atoms with van der Waals surface area (Å²) in [6, 6.07) is 4.12. The molecule has 0 bridgehead atoms. The molecule has 1 rings (SSSR count). The molecule has 2 atom stereocenters. The van der Waals surface area contributed by atoms with E-state index in [1.54, 1.807) is 20.8 Å².